The van der Waals surface area contributed by atoms with E-state index in [0.29, 0.717) is 0 Å². The summed E-state index contributed by atoms with van der Waals surface area (Å²) in [5.41, 5.74) is 0. The molecule has 2 unspecified atom stereocenters. The fourth-order valence-electron chi connectivity index (χ4n) is 2.26. The van der Waals surface area contributed by atoms with Gasteiger partial charge >= 0.3 is 0 Å². The molecule has 0 spiro atoms. The van der Waals surface area contributed by atoms with Gasteiger partial charge in [-0.2, -0.15) is 0 Å². The molecule has 1 aliphatic heterocycles. The zero-order valence-electron chi connectivity index (χ0n) is 10.5. The van der Waals surface area contributed by atoms with Crippen molar-refractivity contribution in [1.29, 1.82) is 0 Å². The summed E-state index contributed by atoms with van der Waals surface area (Å²) >= 11 is 0. The van der Waals surface area contributed by atoms with Crippen molar-refractivity contribution < 1.29 is 0 Å². The van der Waals surface area contributed by atoms with Crippen molar-refractivity contribution in [2.24, 2.45) is 11.8 Å². The predicted octanol–water partition coefficient (Wildman–Crippen LogP) is 3.76. The molecule has 0 saturated carbocycles. The molecule has 1 aliphatic rings. The third-order valence-corrected chi connectivity index (χ3v) is 3.44. The molecule has 1 N–H and O–H groups in total. The molecule has 0 amide bonds. The van der Waals surface area contributed by atoms with Crippen LogP contribution in [0.2, 0.25) is 0 Å². The van der Waals surface area contributed by atoms with E-state index in [1.807, 2.05) is 0 Å². The maximum atomic E-state index is 3.47. The van der Waals surface area contributed by atoms with Gasteiger partial charge in [-0.3, -0.25) is 0 Å². The number of rotatable bonds is 6. The van der Waals surface area contributed by atoms with Crippen LogP contribution in [-0.2, 0) is 0 Å². The van der Waals surface area contributed by atoms with Gasteiger partial charge < -0.3 is 5.32 Å². The third-order valence-electron chi connectivity index (χ3n) is 3.44. The SMILES string of the molecule is CCCCC(/C=C/C1CCCNC1)CC. The lowest BCUT2D eigenvalue weighted by atomic mass is 9.94. The van der Waals surface area contributed by atoms with Crippen LogP contribution in [-0.4, -0.2) is 13.1 Å². The van der Waals surface area contributed by atoms with Crippen LogP contribution in [0.25, 0.3) is 0 Å². The quantitative estimate of drug-likeness (QED) is 0.657. The average Bonchev–Trinajstić information content (AvgIpc) is 2.31. The zero-order chi connectivity index (χ0) is 10.9. The number of nitrogens with one attached hydrogen (secondary N) is 1. The summed E-state index contributed by atoms with van der Waals surface area (Å²) in [6.45, 7) is 7.00. The number of allylic oxidation sites excluding steroid dienone is 1. The van der Waals surface area contributed by atoms with E-state index in [-0.39, 0.29) is 0 Å². The minimum atomic E-state index is 0.800. The summed E-state index contributed by atoms with van der Waals surface area (Å²) in [5, 5.41) is 3.47. The second kappa shape index (κ2) is 7.92. The molecule has 0 aromatic rings. The number of unbranched alkanes of at least 4 members (excludes halogenated alkanes) is 1. The lowest BCUT2D eigenvalue weighted by Gasteiger charge is -2.20. The molecule has 0 bridgehead atoms. The first-order valence-corrected chi connectivity index (χ1v) is 6.75. The van der Waals surface area contributed by atoms with Crippen molar-refractivity contribution in [3.63, 3.8) is 0 Å². The summed E-state index contributed by atoms with van der Waals surface area (Å²) in [7, 11) is 0. The third kappa shape index (κ3) is 5.36. The molecule has 0 aromatic heterocycles. The highest BCUT2D eigenvalue weighted by atomic mass is 14.9. The number of hydrogen-bond acceptors (Lipinski definition) is 1. The van der Waals surface area contributed by atoms with Gasteiger partial charge in [-0.1, -0.05) is 38.8 Å². The van der Waals surface area contributed by atoms with Crippen LogP contribution >= 0.6 is 0 Å². The Balaban J connectivity index is 2.25. The van der Waals surface area contributed by atoms with Crippen molar-refractivity contribution >= 4 is 0 Å². The first-order valence-electron chi connectivity index (χ1n) is 6.75. The van der Waals surface area contributed by atoms with E-state index in [4.69, 9.17) is 0 Å². The minimum Gasteiger partial charge on any atom is -0.316 e. The second-order valence-electron chi connectivity index (χ2n) is 4.80. The van der Waals surface area contributed by atoms with E-state index >= 15 is 0 Å². The molecule has 1 heteroatoms. The molecule has 88 valence electrons. The van der Waals surface area contributed by atoms with E-state index in [1.165, 1.54) is 51.6 Å². The van der Waals surface area contributed by atoms with Crippen LogP contribution in [0.1, 0.15) is 52.4 Å². The van der Waals surface area contributed by atoms with Gasteiger partial charge in [0.25, 0.3) is 0 Å². The Kier molecular flexibility index (Phi) is 6.74. The highest BCUT2D eigenvalue weighted by Crippen LogP contribution is 2.17. The van der Waals surface area contributed by atoms with Crippen molar-refractivity contribution in [3.05, 3.63) is 12.2 Å². The van der Waals surface area contributed by atoms with Crippen LogP contribution in [0, 0.1) is 11.8 Å². The monoisotopic (exact) mass is 209 g/mol. The molecule has 0 aromatic carbocycles. The van der Waals surface area contributed by atoms with Crippen LogP contribution in [0.3, 0.4) is 0 Å². The van der Waals surface area contributed by atoms with Gasteiger partial charge in [-0.25, -0.2) is 0 Å². The van der Waals surface area contributed by atoms with Crippen LogP contribution in [0.5, 0.6) is 0 Å². The van der Waals surface area contributed by atoms with Crippen molar-refractivity contribution in [2.45, 2.75) is 52.4 Å². The van der Waals surface area contributed by atoms with Crippen LogP contribution in [0.4, 0.5) is 0 Å². The first-order chi connectivity index (χ1) is 7.36. The van der Waals surface area contributed by atoms with Crippen molar-refractivity contribution in [1.82, 2.24) is 5.32 Å². The van der Waals surface area contributed by atoms with E-state index in [0.717, 1.165) is 11.8 Å². The number of hydrogen-bond donors (Lipinski definition) is 1. The Morgan fingerprint density at radius 3 is 2.87 bits per heavy atom. The lowest BCUT2D eigenvalue weighted by Crippen LogP contribution is -2.28. The van der Waals surface area contributed by atoms with Gasteiger partial charge in [0.15, 0.2) is 0 Å². The summed E-state index contributed by atoms with van der Waals surface area (Å²) in [6.07, 6.45) is 13.1. The van der Waals surface area contributed by atoms with Gasteiger partial charge in [0.05, 0.1) is 0 Å². The van der Waals surface area contributed by atoms with E-state index in [2.05, 4.69) is 31.3 Å². The summed E-state index contributed by atoms with van der Waals surface area (Å²) in [6, 6.07) is 0. The molecule has 15 heavy (non-hydrogen) atoms. The largest absolute Gasteiger partial charge is 0.316 e. The Hall–Kier alpha value is -0.300. The van der Waals surface area contributed by atoms with Gasteiger partial charge in [0, 0.05) is 6.54 Å². The van der Waals surface area contributed by atoms with Crippen LogP contribution < -0.4 is 5.32 Å². The fourth-order valence-corrected chi connectivity index (χ4v) is 2.26. The smallest absolute Gasteiger partial charge is 0.00142 e. The van der Waals surface area contributed by atoms with E-state index in [1.54, 1.807) is 0 Å². The lowest BCUT2D eigenvalue weighted by molar-refractivity contribution is 0.434. The highest BCUT2D eigenvalue weighted by molar-refractivity contribution is 4.94. The molecule has 2 atom stereocenters. The zero-order valence-corrected chi connectivity index (χ0v) is 10.5. The van der Waals surface area contributed by atoms with Gasteiger partial charge in [-0.05, 0) is 44.1 Å². The Morgan fingerprint density at radius 2 is 2.27 bits per heavy atom. The molecule has 1 fully saturated rings. The molecular formula is C14H27N. The standard InChI is InChI=1S/C14H27N/c1-3-5-7-13(4-2)9-10-14-8-6-11-15-12-14/h9-10,13-15H,3-8,11-12H2,1-2H3/b10-9+. The summed E-state index contributed by atoms with van der Waals surface area (Å²) < 4.78 is 0. The highest BCUT2D eigenvalue weighted by Gasteiger charge is 2.09. The minimum absolute atomic E-state index is 0.800. The van der Waals surface area contributed by atoms with Gasteiger partial charge in [0.2, 0.25) is 0 Å². The Morgan fingerprint density at radius 1 is 1.40 bits per heavy atom. The maximum absolute atomic E-state index is 3.47. The van der Waals surface area contributed by atoms with Crippen LogP contribution in [0.15, 0.2) is 12.2 Å². The average molecular weight is 209 g/mol. The van der Waals surface area contributed by atoms with E-state index in [9.17, 15) is 0 Å². The second-order valence-corrected chi connectivity index (χ2v) is 4.80. The van der Waals surface area contributed by atoms with Crippen molar-refractivity contribution in [3.8, 4) is 0 Å². The molecule has 1 rings (SSSR count). The molecule has 1 heterocycles. The summed E-state index contributed by atoms with van der Waals surface area (Å²) in [5.74, 6) is 1.63. The fraction of sp³-hybridized carbons (Fsp3) is 0.857. The van der Waals surface area contributed by atoms with E-state index < -0.39 is 0 Å². The maximum Gasteiger partial charge on any atom is 0.00142 e. The molecule has 0 aliphatic carbocycles. The summed E-state index contributed by atoms with van der Waals surface area (Å²) in [4.78, 5) is 0. The molecule has 1 saturated heterocycles. The molecule has 1 nitrogen and oxygen atoms in total. The Bertz CT molecular complexity index is 168. The first kappa shape index (κ1) is 12.8. The molecule has 0 radical (unpaired) electrons. The molecular weight excluding hydrogens is 182 g/mol. The van der Waals surface area contributed by atoms with Gasteiger partial charge in [0.1, 0.15) is 0 Å². The topological polar surface area (TPSA) is 12.0 Å². The normalized spacial score (nSPS) is 24.5. The Labute approximate surface area is 95.3 Å². The number of piperidine rings is 1. The van der Waals surface area contributed by atoms with Crippen molar-refractivity contribution in [2.75, 3.05) is 13.1 Å². The van der Waals surface area contributed by atoms with Gasteiger partial charge in [-0.15, -0.1) is 0 Å². The predicted molar refractivity (Wildman–Crippen MR) is 68.0 cm³/mol.